The summed E-state index contributed by atoms with van der Waals surface area (Å²) in [6.07, 6.45) is 1.57. The van der Waals surface area contributed by atoms with Gasteiger partial charge in [0.1, 0.15) is 0 Å². The summed E-state index contributed by atoms with van der Waals surface area (Å²) in [5, 5.41) is 11.5. The fourth-order valence-corrected chi connectivity index (χ4v) is 2.75. The number of aromatic nitrogens is 3. The van der Waals surface area contributed by atoms with Crippen LogP contribution in [0.5, 0.6) is 0 Å². The van der Waals surface area contributed by atoms with Gasteiger partial charge in [0.05, 0.1) is 17.0 Å². The maximum Gasteiger partial charge on any atom is 0.284 e. The molecule has 3 heterocycles. The molecule has 0 saturated carbocycles. The zero-order valence-corrected chi connectivity index (χ0v) is 11.1. The Morgan fingerprint density at radius 3 is 3.06 bits per heavy atom. The molecule has 3 aromatic rings. The van der Waals surface area contributed by atoms with E-state index in [0.29, 0.717) is 16.9 Å². The van der Waals surface area contributed by atoms with Crippen LogP contribution in [0, 0.1) is 6.92 Å². The van der Waals surface area contributed by atoms with Crippen molar-refractivity contribution in [2.45, 2.75) is 17.9 Å². The van der Waals surface area contributed by atoms with Crippen LogP contribution in [0.3, 0.4) is 0 Å². The van der Waals surface area contributed by atoms with E-state index in [2.05, 4.69) is 15.2 Å². The molecule has 92 valence electrons. The maximum atomic E-state index is 5.48. The van der Waals surface area contributed by atoms with Crippen molar-refractivity contribution in [3.8, 4) is 11.7 Å². The standard InChI is InChI=1S/C11H9N3O2S2/c1-7-12-8(5-17-7)6-18-11-14-13-10(16-11)9-3-2-4-15-9/h2-5H,6H2,1H3. The number of rotatable bonds is 4. The van der Waals surface area contributed by atoms with Crippen LogP contribution in [0.2, 0.25) is 0 Å². The first-order chi connectivity index (χ1) is 8.81. The van der Waals surface area contributed by atoms with Gasteiger partial charge in [-0.25, -0.2) is 4.98 Å². The number of thioether (sulfide) groups is 1. The molecular formula is C11H9N3O2S2. The average Bonchev–Trinajstić information content (AvgIpc) is 3.07. The van der Waals surface area contributed by atoms with Crippen LogP contribution in [0.4, 0.5) is 0 Å². The summed E-state index contributed by atoms with van der Waals surface area (Å²) in [5.41, 5.74) is 1.03. The molecule has 0 radical (unpaired) electrons. The minimum absolute atomic E-state index is 0.400. The second-order valence-electron chi connectivity index (χ2n) is 3.50. The second-order valence-corrected chi connectivity index (χ2v) is 5.49. The molecule has 7 heteroatoms. The van der Waals surface area contributed by atoms with Gasteiger partial charge in [-0.1, -0.05) is 11.8 Å². The van der Waals surface area contributed by atoms with Crippen molar-refractivity contribution in [2.75, 3.05) is 0 Å². The third-order valence-corrected chi connectivity index (χ3v) is 3.82. The van der Waals surface area contributed by atoms with E-state index in [1.54, 1.807) is 29.7 Å². The summed E-state index contributed by atoms with van der Waals surface area (Å²) >= 11 is 3.10. The van der Waals surface area contributed by atoms with Gasteiger partial charge in [-0.3, -0.25) is 0 Å². The molecule has 3 rings (SSSR count). The first-order valence-electron chi connectivity index (χ1n) is 5.22. The molecule has 0 amide bonds. The molecule has 0 aliphatic rings. The third kappa shape index (κ3) is 2.46. The first-order valence-corrected chi connectivity index (χ1v) is 7.09. The minimum atomic E-state index is 0.400. The van der Waals surface area contributed by atoms with E-state index < -0.39 is 0 Å². The molecule has 0 spiro atoms. The zero-order chi connectivity index (χ0) is 12.4. The Morgan fingerprint density at radius 1 is 1.39 bits per heavy atom. The normalized spacial score (nSPS) is 10.9. The van der Waals surface area contributed by atoms with E-state index in [1.807, 2.05) is 12.3 Å². The average molecular weight is 279 g/mol. The Hall–Kier alpha value is -1.60. The van der Waals surface area contributed by atoms with Gasteiger partial charge in [0.25, 0.3) is 11.1 Å². The fourth-order valence-electron chi connectivity index (χ4n) is 1.38. The predicted octanol–water partition coefficient (Wildman–Crippen LogP) is 3.39. The Kier molecular flexibility index (Phi) is 3.16. The number of hydrogen-bond acceptors (Lipinski definition) is 7. The highest BCUT2D eigenvalue weighted by atomic mass is 32.2. The van der Waals surface area contributed by atoms with E-state index >= 15 is 0 Å². The van der Waals surface area contributed by atoms with Crippen LogP contribution < -0.4 is 0 Å². The number of aryl methyl sites for hydroxylation is 1. The van der Waals surface area contributed by atoms with Crippen LogP contribution in [0.25, 0.3) is 11.7 Å². The molecule has 0 fully saturated rings. The van der Waals surface area contributed by atoms with E-state index in [-0.39, 0.29) is 0 Å². The number of furan rings is 1. The fraction of sp³-hybridized carbons (Fsp3) is 0.182. The number of nitrogens with zero attached hydrogens (tertiary/aromatic N) is 3. The lowest BCUT2D eigenvalue weighted by Gasteiger charge is -1.91. The smallest absolute Gasteiger partial charge is 0.284 e. The molecule has 18 heavy (non-hydrogen) atoms. The van der Waals surface area contributed by atoms with Crippen molar-refractivity contribution >= 4 is 23.1 Å². The van der Waals surface area contributed by atoms with Crippen molar-refractivity contribution in [3.05, 3.63) is 34.5 Å². The largest absolute Gasteiger partial charge is 0.459 e. The highest BCUT2D eigenvalue weighted by Gasteiger charge is 2.11. The van der Waals surface area contributed by atoms with Crippen LogP contribution in [0.1, 0.15) is 10.7 Å². The summed E-state index contributed by atoms with van der Waals surface area (Å²) < 4.78 is 10.7. The van der Waals surface area contributed by atoms with E-state index in [1.165, 1.54) is 11.8 Å². The quantitative estimate of drug-likeness (QED) is 0.682. The molecule has 0 aliphatic heterocycles. The van der Waals surface area contributed by atoms with Crippen molar-refractivity contribution in [3.63, 3.8) is 0 Å². The molecule has 0 bridgehead atoms. The Labute approximate surface area is 111 Å². The first kappa shape index (κ1) is 11.5. The zero-order valence-electron chi connectivity index (χ0n) is 9.49. The highest BCUT2D eigenvalue weighted by molar-refractivity contribution is 7.98. The topological polar surface area (TPSA) is 65.0 Å². The van der Waals surface area contributed by atoms with Gasteiger partial charge in [0.2, 0.25) is 0 Å². The minimum Gasteiger partial charge on any atom is -0.459 e. The van der Waals surface area contributed by atoms with Gasteiger partial charge in [0, 0.05) is 11.1 Å². The van der Waals surface area contributed by atoms with Crippen LogP contribution in [-0.4, -0.2) is 15.2 Å². The molecule has 0 unspecified atom stereocenters. The van der Waals surface area contributed by atoms with E-state index in [9.17, 15) is 0 Å². The lowest BCUT2D eigenvalue weighted by molar-refractivity contribution is 0.447. The molecule has 0 aliphatic carbocycles. The molecule has 5 nitrogen and oxygen atoms in total. The summed E-state index contributed by atoms with van der Waals surface area (Å²) in [5.74, 6) is 1.71. The predicted molar refractivity (Wildman–Crippen MR) is 68.4 cm³/mol. The third-order valence-electron chi connectivity index (χ3n) is 2.15. The number of hydrogen-bond donors (Lipinski definition) is 0. The Balaban J connectivity index is 1.67. The van der Waals surface area contributed by atoms with Gasteiger partial charge in [-0.05, 0) is 19.1 Å². The lowest BCUT2D eigenvalue weighted by Crippen LogP contribution is -1.80. The SMILES string of the molecule is Cc1nc(CSc2nnc(-c3ccco3)o2)cs1. The van der Waals surface area contributed by atoms with Gasteiger partial charge < -0.3 is 8.83 Å². The van der Waals surface area contributed by atoms with Gasteiger partial charge >= 0.3 is 0 Å². The van der Waals surface area contributed by atoms with Crippen molar-refractivity contribution < 1.29 is 8.83 Å². The summed E-state index contributed by atoms with van der Waals surface area (Å²) in [6, 6.07) is 3.57. The summed E-state index contributed by atoms with van der Waals surface area (Å²) in [7, 11) is 0. The van der Waals surface area contributed by atoms with Crippen LogP contribution in [-0.2, 0) is 5.75 Å². The maximum absolute atomic E-state index is 5.48. The van der Waals surface area contributed by atoms with Crippen molar-refractivity contribution in [2.24, 2.45) is 0 Å². The number of thiazole rings is 1. The molecule has 0 N–H and O–H groups in total. The van der Waals surface area contributed by atoms with Crippen LogP contribution >= 0.6 is 23.1 Å². The molecule has 0 saturated heterocycles. The molecule has 3 aromatic heterocycles. The van der Waals surface area contributed by atoms with Crippen molar-refractivity contribution in [1.82, 2.24) is 15.2 Å². The lowest BCUT2D eigenvalue weighted by atomic mass is 10.5. The van der Waals surface area contributed by atoms with Crippen molar-refractivity contribution in [1.29, 1.82) is 0 Å². The summed E-state index contributed by atoms with van der Waals surface area (Å²) in [4.78, 5) is 4.37. The monoisotopic (exact) mass is 279 g/mol. The highest BCUT2D eigenvalue weighted by Crippen LogP contribution is 2.26. The van der Waals surface area contributed by atoms with Crippen LogP contribution in [0.15, 0.2) is 37.8 Å². The van der Waals surface area contributed by atoms with E-state index in [4.69, 9.17) is 8.83 Å². The van der Waals surface area contributed by atoms with Gasteiger partial charge in [0.15, 0.2) is 5.76 Å². The summed E-state index contributed by atoms with van der Waals surface area (Å²) in [6.45, 7) is 1.99. The Morgan fingerprint density at radius 2 is 2.33 bits per heavy atom. The Bertz CT molecular complexity index is 630. The van der Waals surface area contributed by atoms with E-state index in [0.717, 1.165) is 16.5 Å². The van der Waals surface area contributed by atoms with Gasteiger partial charge in [-0.2, -0.15) is 0 Å². The van der Waals surface area contributed by atoms with Gasteiger partial charge in [-0.15, -0.1) is 21.5 Å². The molecular weight excluding hydrogens is 270 g/mol. The molecule has 0 aromatic carbocycles. The molecule has 0 atom stereocenters. The second kappa shape index (κ2) is 4.95.